The van der Waals surface area contributed by atoms with Crippen LogP contribution in [0.15, 0.2) is 54.6 Å². The second-order valence-electron chi connectivity index (χ2n) is 6.37. The molecule has 2 aromatic carbocycles. The molecule has 3 amide bonds. The molecule has 0 spiro atoms. The number of carbonyl (C=O) groups is 2. The number of methoxy groups -OCH3 is 1. The van der Waals surface area contributed by atoms with Crippen LogP contribution in [0, 0.1) is 0 Å². The molecule has 3 N–H and O–H groups in total. The van der Waals surface area contributed by atoms with Gasteiger partial charge in [0.1, 0.15) is 11.8 Å². The van der Waals surface area contributed by atoms with Gasteiger partial charge in [0.05, 0.1) is 12.8 Å². The molecule has 7 heteroatoms. The van der Waals surface area contributed by atoms with Crippen molar-refractivity contribution in [2.45, 2.75) is 6.04 Å². The number of para-hydroxylation sites is 2. The minimum Gasteiger partial charge on any atom is -0.495 e. The van der Waals surface area contributed by atoms with E-state index in [1.54, 1.807) is 24.1 Å². The van der Waals surface area contributed by atoms with Crippen molar-refractivity contribution in [2.75, 3.05) is 38.6 Å². The number of piperazine rings is 1. The number of hydrogen-bond acceptors (Lipinski definition) is 4. The van der Waals surface area contributed by atoms with Gasteiger partial charge in [-0.15, -0.1) is 0 Å². The summed E-state index contributed by atoms with van der Waals surface area (Å²) in [6.07, 6.45) is 0. The lowest BCUT2D eigenvalue weighted by Crippen LogP contribution is -2.52. The van der Waals surface area contributed by atoms with Gasteiger partial charge in [-0.2, -0.15) is 0 Å². The zero-order valence-corrected chi connectivity index (χ0v) is 15.3. The number of benzene rings is 2. The van der Waals surface area contributed by atoms with Crippen LogP contribution in [0.5, 0.6) is 5.75 Å². The summed E-state index contributed by atoms with van der Waals surface area (Å²) in [5.74, 6) is 0.232. The Morgan fingerprint density at radius 1 is 1.00 bits per heavy atom. The molecule has 3 rings (SSSR count). The first kappa shape index (κ1) is 18.7. The number of nitrogens with one attached hydrogen (secondary N) is 1. The fraction of sp³-hybridized carbons (Fsp3) is 0.300. The molecule has 7 nitrogen and oxygen atoms in total. The van der Waals surface area contributed by atoms with E-state index in [0.717, 1.165) is 5.56 Å². The second kappa shape index (κ2) is 8.55. The van der Waals surface area contributed by atoms with Gasteiger partial charge in [0.25, 0.3) is 0 Å². The summed E-state index contributed by atoms with van der Waals surface area (Å²) in [6, 6.07) is 16.1. The number of carbonyl (C=O) groups excluding carboxylic acids is 2. The van der Waals surface area contributed by atoms with Crippen molar-refractivity contribution in [3.63, 3.8) is 0 Å². The van der Waals surface area contributed by atoms with Crippen LogP contribution in [-0.2, 0) is 4.79 Å². The zero-order chi connectivity index (χ0) is 19.2. The maximum atomic E-state index is 12.6. The Hall–Kier alpha value is -3.06. The third-order valence-electron chi connectivity index (χ3n) is 4.70. The number of rotatable bonds is 5. The quantitative estimate of drug-likeness (QED) is 0.846. The average molecular weight is 368 g/mol. The van der Waals surface area contributed by atoms with Crippen LogP contribution >= 0.6 is 0 Å². The number of nitrogens with two attached hydrogens (primary N) is 1. The van der Waals surface area contributed by atoms with Crippen LogP contribution in [0.1, 0.15) is 11.6 Å². The van der Waals surface area contributed by atoms with Gasteiger partial charge in [0.2, 0.25) is 5.91 Å². The lowest BCUT2D eigenvalue weighted by atomic mass is 10.0. The summed E-state index contributed by atoms with van der Waals surface area (Å²) in [5, 5.41) is 2.88. The minimum absolute atomic E-state index is 0.186. The third-order valence-corrected chi connectivity index (χ3v) is 4.70. The topological polar surface area (TPSA) is 87.9 Å². The number of anilines is 1. The Balaban J connectivity index is 1.62. The molecule has 1 aliphatic rings. The molecule has 0 unspecified atom stereocenters. The summed E-state index contributed by atoms with van der Waals surface area (Å²) in [4.78, 5) is 28.3. The predicted molar refractivity (Wildman–Crippen MR) is 104 cm³/mol. The van der Waals surface area contributed by atoms with Crippen LogP contribution in [0.4, 0.5) is 10.5 Å². The predicted octanol–water partition coefficient (Wildman–Crippen LogP) is 2.07. The maximum Gasteiger partial charge on any atom is 0.322 e. The molecule has 1 heterocycles. The van der Waals surface area contributed by atoms with Gasteiger partial charge in [0.15, 0.2) is 0 Å². The van der Waals surface area contributed by atoms with Crippen molar-refractivity contribution in [1.29, 1.82) is 0 Å². The Bertz CT molecular complexity index is 789. The van der Waals surface area contributed by atoms with E-state index < -0.39 is 6.04 Å². The second-order valence-corrected chi connectivity index (χ2v) is 6.37. The third kappa shape index (κ3) is 4.38. The van der Waals surface area contributed by atoms with Crippen molar-refractivity contribution in [1.82, 2.24) is 9.80 Å². The summed E-state index contributed by atoms with van der Waals surface area (Å²) in [6.45, 7) is 2.17. The number of hydrogen-bond donors (Lipinski definition) is 2. The van der Waals surface area contributed by atoms with E-state index in [1.807, 2.05) is 47.4 Å². The van der Waals surface area contributed by atoms with Crippen LogP contribution in [0.2, 0.25) is 0 Å². The van der Waals surface area contributed by atoms with E-state index in [9.17, 15) is 9.59 Å². The van der Waals surface area contributed by atoms with E-state index in [0.29, 0.717) is 37.6 Å². The monoisotopic (exact) mass is 368 g/mol. The van der Waals surface area contributed by atoms with E-state index >= 15 is 0 Å². The molecule has 0 aliphatic carbocycles. The summed E-state index contributed by atoms with van der Waals surface area (Å²) >= 11 is 0. The lowest BCUT2D eigenvalue weighted by Gasteiger charge is -2.38. The summed E-state index contributed by atoms with van der Waals surface area (Å²) < 4.78 is 5.26. The smallest absolute Gasteiger partial charge is 0.322 e. The highest BCUT2D eigenvalue weighted by atomic mass is 16.5. The molecular formula is C20H24N4O3. The zero-order valence-electron chi connectivity index (χ0n) is 15.3. The molecule has 1 fully saturated rings. The van der Waals surface area contributed by atoms with Crippen LogP contribution in [0.3, 0.4) is 0 Å². The van der Waals surface area contributed by atoms with Crippen molar-refractivity contribution >= 4 is 17.6 Å². The van der Waals surface area contributed by atoms with Crippen LogP contribution in [-0.4, -0.2) is 55.0 Å². The van der Waals surface area contributed by atoms with E-state index in [4.69, 9.17) is 10.5 Å². The molecule has 2 aromatic rings. The van der Waals surface area contributed by atoms with Gasteiger partial charge in [-0.05, 0) is 17.7 Å². The van der Waals surface area contributed by atoms with Gasteiger partial charge >= 0.3 is 6.03 Å². The van der Waals surface area contributed by atoms with Crippen molar-refractivity contribution in [2.24, 2.45) is 5.73 Å². The Labute approximate surface area is 158 Å². The first-order chi connectivity index (χ1) is 13.1. The van der Waals surface area contributed by atoms with E-state index in [-0.39, 0.29) is 11.9 Å². The number of ether oxygens (including phenoxy) is 1. The van der Waals surface area contributed by atoms with Gasteiger partial charge in [-0.25, -0.2) is 4.79 Å². The largest absolute Gasteiger partial charge is 0.495 e. The van der Waals surface area contributed by atoms with Crippen molar-refractivity contribution in [3.8, 4) is 5.75 Å². The fourth-order valence-electron chi connectivity index (χ4n) is 3.32. The fourth-order valence-corrected chi connectivity index (χ4v) is 3.32. The molecule has 1 atom stereocenters. The Morgan fingerprint density at radius 3 is 2.26 bits per heavy atom. The lowest BCUT2D eigenvalue weighted by molar-refractivity contribution is -0.124. The Kier molecular flexibility index (Phi) is 5.93. The first-order valence-corrected chi connectivity index (χ1v) is 8.87. The van der Waals surface area contributed by atoms with E-state index in [1.165, 1.54) is 0 Å². The Morgan fingerprint density at radius 2 is 1.63 bits per heavy atom. The standard InChI is InChI=1S/C20H24N4O3/c1-27-17-10-6-5-9-16(17)22-20(26)24-13-11-23(12-14-24)18(19(21)25)15-7-3-2-4-8-15/h2-10,18H,11-14H2,1H3,(H2,21,25)(H,22,26)/t18-/m0/s1. The number of urea groups is 1. The SMILES string of the molecule is COc1ccccc1NC(=O)N1CCN([C@H](C(N)=O)c2ccccc2)CC1. The van der Waals surface area contributed by atoms with Gasteiger partial charge in [0, 0.05) is 26.2 Å². The average Bonchev–Trinajstić information content (AvgIpc) is 2.69. The van der Waals surface area contributed by atoms with Gasteiger partial charge in [-0.1, -0.05) is 42.5 Å². The highest BCUT2D eigenvalue weighted by Crippen LogP contribution is 2.25. The molecule has 1 aliphatic heterocycles. The molecule has 0 saturated carbocycles. The normalized spacial score (nSPS) is 15.8. The molecule has 27 heavy (non-hydrogen) atoms. The molecule has 1 saturated heterocycles. The minimum atomic E-state index is -0.481. The first-order valence-electron chi connectivity index (χ1n) is 8.87. The number of amides is 3. The van der Waals surface area contributed by atoms with E-state index in [2.05, 4.69) is 5.32 Å². The number of primary amides is 1. The maximum absolute atomic E-state index is 12.6. The van der Waals surface area contributed by atoms with Gasteiger partial charge in [-0.3, -0.25) is 9.69 Å². The molecule has 0 radical (unpaired) electrons. The molecule has 0 aromatic heterocycles. The van der Waals surface area contributed by atoms with Crippen molar-refractivity contribution < 1.29 is 14.3 Å². The van der Waals surface area contributed by atoms with Crippen LogP contribution < -0.4 is 15.8 Å². The van der Waals surface area contributed by atoms with Crippen LogP contribution in [0.25, 0.3) is 0 Å². The molecular weight excluding hydrogens is 344 g/mol. The van der Waals surface area contributed by atoms with Crippen molar-refractivity contribution in [3.05, 3.63) is 60.2 Å². The molecule has 0 bridgehead atoms. The highest BCUT2D eigenvalue weighted by molar-refractivity contribution is 5.91. The number of nitrogens with zero attached hydrogens (tertiary/aromatic N) is 2. The molecule has 142 valence electrons. The highest BCUT2D eigenvalue weighted by Gasteiger charge is 2.30. The van der Waals surface area contributed by atoms with Gasteiger partial charge < -0.3 is 20.7 Å². The summed E-state index contributed by atoms with van der Waals surface area (Å²) in [7, 11) is 1.57. The summed E-state index contributed by atoms with van der Waals surface area (Å²) in [5.41, 5.74) is 7.14.